The number of pyridine rings is 1. The Morgan fingerprint density at radius 1 is 1.03 bits per heavy atom. The molecule has 1 aliphatic carbocycles. The van der Waals surface area contributed by atoms with Crippen molar-refractivity contribution in [2.45, 2.75) is 57.8 Å². The van der Waals surface area contributed by atoms with E-state index < -0.39 is 5.97 Å². The smallest absolute Gasteiger partial charge is 0.306 e. The lowest BCUT2D eigenvalue weighted by Gasteiger charge is -2.27. The van der Waals surface area contributed by atoms with Crippen molar-refractivity contribution in [1.29, 1.82) is 0 Å². The molecule has 5 nitrogen and oxygen atoms in total. The van der Waals surface area contributed by atoms with E-state index in [9.17, 15) is 15.1 Å². The van der Waals surface area contributed by atoms with Gasteiger partial charge in [-0.3, -0.25) is 9.78 Å². The molecule has 0 spiro atoms. The first-order chi connectivity index (χ1) is 16.5. The van der Waals surface area contributed by atoms with Crippen LogP contribution in [-0.4, -0.2) is 27.0 Å². The van der Waals surface area contributed by atoms with Gasteiger partial charge in [-0.1, -0.05) is 53.7 Å². The molecule has 2 N–H and O–H groups in total. The number of oxime groups is 1. The van der Waals surface area contributed by atoms with E-state index in [1.165, 1.54) is 22.3 Å². The molecule has 0 amide bonds. The van der Waals surface area contributed by atoms with Crippen molar-refractivity contribution in [1.82, 2.24) is 4.98 Å². The van der Waals surface area contributed by atoms with Crippen LogP contribution in [0.1, 0.15) is 77.5 Å². The van der Waals surface area contributed by atoms with Crippen LogP contribution in [0, 0.1) is 19.8 Å². The average molecular weight is 457 g/mol. The van der Waals surface area contributed by atoms with E-state index in [4.69, 9.17) is 0 Å². The Kier molecular flexibility index (Phi) is 7.41. The first-order valence-electron chi connectivity index (χ1n) is 12.0. The minimum Gasteiger partial charge on any atom is -0.481 e. The van der Waals surface area contributed by atoms with Crippen molar-refractivity contribution in [3.05, 3.63) is 100 Å². The number of rotatable bonds is 7. The summed E-state index contributed by atoms with van der Waals surface area (Å²) in [5.74, 6) is -0.414. The second kappa shape index (κ2) is 10.6. The van der Waals surface area contributed by atoms with Crippen molar-refractivity contribution >= 4 is 11.7 Å². The number of hydrogen-bond acceptors (Lipinski definition) is 4. The molecule has 176 valence electrons. The van der Waals surface area contributed by atoms with E-state index >= 15 is 0 Å². The summed E-state index contributed by atoms with van der Waals surface area (Å²) in [4.78, 5) is 15.5. The topological polar surface area (TPSA) is 82.8 Å². The second-order valence-corrected chi connectivity index (χ2v) is 9.40. The summed E-state index contributed by atoms with van der Waals surface area (Å²) in [5, 5.41) is 22.8. The summed E-state index contributed by atoms with van der Waals surface area (Å²) in [7, 11) is 0. The molecule has 0 saturated heterocycles. The maximum atomic E-state index is 11.3. The van der Waals surface area contributed by atoms with Gasteiger partial charge in [0.25, 0.3) is 0 Å². The molecule has 4 rings (SSSR count). The fourth-order valence-electron chi connectivity index (χ4n) is 5.19. The van der Waals surface area contributed by atoms with E-state index in [2.05, 4.69) is 59.5 Å². The van der Waals surface area contributed by atoms with E-state index in [1.54, 1.807) is 6.20 Å². The summed E-state index contributed by atoms with van der Waals surface area (Å²) < 4.78 is 0. The average Bonchev–Trinajstić information content (AvgIpc) is 2.86. The third-order valence-corrected chi connectivity index (χ3v) is 7.20. The second-order valence-electron chi connectivity index (χ2n) is 9.40. The third kappa shape index (κ3) is 5.36. The van der Waals surface area contributed by atoms with Crippen molar-refractivity contribution < 1.29 is 15.1 Å². The highest BCUT2D eigenvalue weighted by molar-refractivity contribution is 6.01. The summed E-state index contributed by atoms with van der Waals surface area (Å²) >= 11 is 0. The number of aryl methyl sites for hydroxylation is 2. The van der Waals surface area contributed by atoms with Gasteiger partial charge in [0.1, 0.15) is 0 Å². The van der Waals surface area contributed by atoms with Crippen molar-refractivity contribution in [3.63, 3.8) is 0 Å². The number of aliphatic carboxylic acids is 1. The van der Waals surface area contributed by atoms with Crippen LogP contribution < -0.4 is 0 Å². The summed E-state index contributed by atoms with van der Waals surface area (Å²) in [6.45, 7) is 4.05. The highest BCUT2D eigenvalue weighted by Crippen LogP contribution is 2.37. The highest BCUT2D eigenvalue weighted by Gasteiger charge is 2.27. The Morgan fingerprint density at radius 2 is 1.74 bits per heavy atom. The van der Waals surface area contributed by atoms with Gasteiger partial charge < -0.3 is 10.3 Å². The molecule has 5 heteroatoms. The zero-order valence-electron chi connectivity index (χ0n) is 19.8. The molecule has 0 radical (unpaired) electrons. The minimum absolute atomic E-state index is 0.0392. The van der Waals surface area contributed by atoms with Gasteiger partial charge in [-0.25, -0.2) is 0 Å². The Labute approximate surface area is 201 Å². The molecular weight excluding hydrogens is 424 g/mol. The van der Waals surface area contributed by atoms with Crippen LogP contribution >= 0.6 is 0 Å². The maximum absolute atomic E-state index is 11.3. The van der Waals surface area contributed by atoms with Crippen LogP contribution in [0.25, 0.3) is 0 Å². The molecule has 1 aliphatic rings. The summed E-state index contributed by atoms with van der Waals surface area (Å²) in [6.07, 6.45) is 5.63. The predicted octanol–water partition coefficient (Wildman–Crippen LogP) is 6.46. The first kappa shape index (κ1) is 23.7. The Balaban J connectivity index is 1.61. The van der Waals surface area contributed by atoms with E-state index in [1.807, 2.05) is 25.1 Å². The van der Waals surface area contributed by atoms with Crippen LogP contribution in [-0.2, 0) is 4.79 Å². The fraction of sp³-hybridized carbons (Fsp3) is 0.345. The molecule has 0 unspecified atom stereocenters. The number of carboxylic acids is 1. The molecule has 1 saturated carbocycles. The number of aromatic nitrogens is 1. The largest absolute Gasteiger partial charge is 0.481 e. The van der Waals surface area contributed by atoms with Crippen molar-refractivity contribution in [3.8, 4) is 0 Å². The Hall–Kier alpha value is -3.47. The molecular formula is C29H32N2O3. The van der Waals surface area contributed by atoms with Crippen LogP contribution in [0.15, 0.2) is 72.0 Å². The number of benzene rings is 2. The van der Waals surface area contributed by atoms with Crippen LogP contribution in [0.4, 0.5) is 0 Å². The van der Waals surface area contributed by atoms with Gasteiger partial charge >= 0.3 is 5.97 Å². The summed E-state index contributed by atoms with van der Waals surface area (Å²) in [6, 6.07) is 20.9. The number of nitrogens with zero attached hydrogens (tertiary/aromatic N) is 2. The summed E-state index contributed by atoms with van der Waals surface area (Å²) in [5.41, 5.74) is 7.25. The van der Waals surface area contributed by atoms with Gasteiger partial charge in [0.05, 0.1) is 11.6 Å². The van der Waals surface area contributed by atoms with E-state index in [0.717, 1.165) is 36.9 Å². The number of carbonyl (C=O) groups is 1. The van der Waals surface area contributed by atoms with Gasteiger partial charge in [0.2, 0.25) is 0 Å². The minimum atomic E-state index is -0.666. The fourth-order valence-corrected chi connectivity index (χ4v) is 5.19. The van der Waals surface area contributed by atoms with Gasteiger partial charge in [-0.2, -0.15) is 0 Å². The van der Waals surface area contributed by atoms with Gasteiger partial charge in [0, 0.05) is 29.8 Å². The molecule has 1 atom stereocenters. The van der Waals surface area contributed by atoms with Crippen molar-refractivity contribution in [2.75, 3.05) is 0 Å². The lowest BCUT2D eigenvalue weighted by molar-refractivity contribution is -0.142. The van der Waals surface area contributed by atoms with Crippen LogP contribution in [0.3, 0.4) is 0 Å². The quantitative estimate of drug-likeness (QED) is 0.243. The van der Waals surface area contributed by atoms with Crippen LogP contribution in [0.5, 0.6) is 0 Å². The first-order valence-corrected chi connectivity index (χ1v) is 12.0. The highest BCUT2D eigenvalue weighted by atomic mass is 16.4. The van der Waals surface area contributed by atoms with Crippen LogP contribution in [0.2, 0.25) is 0 Å². The Bertz CT molecular complexity index is 1160. The van der Waals surface area contributed by atoms with Gasteiger partial charge in [-0.15, -0.1) is 0 Å². The lowest BCUT2D eigenvalue weighted by Crippen LogP contribution is -2.20. The molecule has 0 aliphatic heterocycles. The zero-order valence-corrected chi connectivity index (χ0v) is 19.8. The standard InChI is InChI=1S/C29H32N2O3/c1-19-5-3-4-6-26(19)27(18-28(31-34)25-15-16-30-20(2)17-25)23-11-7-21(8-12-23)22-9-13-24(14-10-22)29(32)33/h3-8,11-12,15-17,22,24,27,34H,9-10,13-14,18H2,1-2H3,(H,32,33)/b31-28+/t22?,24?,27-/m1/s1. The van der Waals surface area contributed by atoms with Gasteiger partial charge in [-0.05, 0) is 79.8 Å². The lowest BCUT2D eigenvalue weighted by atomic mass is 9.78. The normalized spacial score (nSPS) is 19.5. The monoisotopic (exact) mass is 456 g/mol. The molecule has 1 heterocycles. The predicted molar refractivity (Wildman–Crippen MR) is 134 cm³/mol. The Morgan fingerprint density at radius 3 is 2.35 bits per heavy atom. The number of hydrogen-bond donors (Lipinski definition) is 2. The van der Waals surface area contributed by atoms with Crippen molar-refractivity contribution in [2.24, 2.45) is 11.1 Å². The SMILES string of the molecule is Cc1cc(/C(C[C@H](c2ccc(C3CCC(C(=O)O)CC3)cc2)c2ccccc2C)=N/O)ccn1. The molecule has 34 heavy (non-hydrogen) atoms. The molecule has 3 aromatic rings. The van der Waals surface area contributed by atoms with Gasteiger partial charge in [0.15, 0.2) is 0 Å². The van der Waals surface area contributed by atoms with E-state index in [-0.39, 0.29) is 11.8 Å². The molecule has 1 aromatic heterocycles. The molecule has 0 bridgehead atoms. The van der Waals surface area contributed by atoms with E-state index in [0.29, 0.717) is 18.1 Å². The molecule has 1 fully saturated rings. The maximum Gasteiger partial charge on any atom is 0.306 e. The molecule has 2 aromatic carbocycles. The third-order valence-electron chi connectivity index (χ3n) is 7.20. The number of carboxylic acid groups (broad SMARTS) is 1. The zero-order chi connectivity index (χ0) is 24.1.